The molecular weight excluding hydrogens is 320 g/mol. The first-order valence-electron chi connectivity index (χ1n) is 8.38. The molecule has 0 radical (unpaired) electrons. The molecule has 2 aromatic rings. The van der Waals surface area contributed by atoms with Crippen LogP contribution in [-0.2, 0) is 6.54 Å². The second-order valence-electron chi connectivity index (χ2n) is 6.64. The Balaban J connectivity index is 0.00000225. The van der Waals surface area contributed by atoms with E-state index in [2.05, 4.69) is 15.3 Å². The van der Waals surface area contributed by atoms with E-state index in [1.54, 1.807) is 0 Å². The summed E-state index contributed by atoms with van der Waals surface area (Å²) in [5.41, 5.74) is 2.37. The zero-order chi connectivity index (χ0) is 17.3. The van der Waals surface area contributed by atoms with Crippen molar-refractivity contribution in [1.29, 1.82) is 0 Å². The molecule has 0 aliphatic carbocycles. The fourth-order valence-corrected chi connectivity index (χ4v) is 3.36. The van der Waals surface area contributed by atoms with Crippen LogP contribution in [0.5, 0.6) is 0 Å². The first-order chi connectivity index (χ1) is 11.5. The molecule has 0 spiro atoms. The van der Waals surface area contributed by atoms with Crippen LogP contribution in [-0.4, -0.2) is 49.5 Å². The third-order valence-electron chi connectivity index (χ3n) is 4.58. The predicted octanol–water partition coefficient (Wildman–Crippen LogP) is 0.908. The number of pyridine rings is 1. The highest BCUT2D eigenvalue weighted by molar-refractivity contribution is 5.76. The molecule has 3 atom stereocenters. The first kappa shape index (κ1) is 19.5. The molecule has 25 heavy (non-hydrogen) atoms. The van der Waals surface area contributed by atoms with Crippen molar-refractivity contribution in [3.63, 3.8) is 0 Å². The van der Waals surface area contributed by atoms with Crippen molar-refractivity contribution in [2.75, 3.05) is 6.54 Å². The number of aliphatic hydroxyl groups excluding tert-OH is 2. The third-order valence-corrected chi connectivity index (χ3v) is 4.58. The molecular formula is C18H28N4O3. The number of nitrogens with zero attached hydrogens (tertiary/aromatic N) is 3. The second kappa shape index (κ2) is 8.03. The Morgan fingerprint density at radius 3 is 2.88 bits per heavy atom. The Morgan fingerprint density at radius 1 is 1.40 bits per heavy atom. The monoisotopic (exact) mass is 348 g/mol. The van der Waals surface area contributed by atoms with Crippen molar-refractivity contribution in [3.8, 4) is 0 Å². The summed E-state index contributed by atoms with van der Waals surface area (Å²) in [5, 5.41) is 23.5. The van der Waals surface area contributed by atoms with Crippen molar-refractivity contribution in [3.05, 3.63) is 34.0 Å². The maximum atomic E-state index is 12.6. The number of hydrogen-bond donors (Lipinski definition) is 3. The first-order valence-corrected chi connectivity index (χ1v) is 8.38. The van der Waals surface area contributed by atoms with E-state index in [1.165, 1.54) is 10.9 Å². The fourth-order valence-electron chi connectivity index (χ4n) is 3.36. The Morgan fingerprint density at radius 2 is 2.16 bits per heavy atom. The number of aliphatic hydroxyl groups is 2. The minimum absolute atomic E-state index is 0. The van der Waals surface area contributed by atoms with Gasteiger partial charge in [-0.05, 0) is 51.3 Å². The average molecular weight is 348 g/mol. The van der Waals surface area contributed by atoms with Gasteiger partial charge in [0.15, 0.2) is 5.52 Å². The van der Waals surface area contributed by atoms with E-state index in [4.69, 9.17) is 0 Å². The van der Waals surface area contributed by atoms with Crippen LogP contribution in [0, 0.1) is 13.8 Å². The van der Waals surface area contributed by atoms with Crippen molar-refractivity contribution in [2.45, 2.75) is 65.3 Å². The highest BCUT2D eigenvalue weighted by Gasteiger charge is 2.25. The molecule has 7 nitrogen and oxygen atoms in total. The highest BCUT2D eigenvalue weighted by atomic mass is 16.3. The van der Waals surface area contributed by atoms with Gasteiger partial charge in [0.1, 0.15) is 0 Å². The molecule has 1 fully saturated rings. The minimum Gasteiger partial charge on any atom is -0.392 e. The van der Waals surface area contributed by atoms with Crippen LogP contribution in [0.3, 0.4) is 0 Å². The van der Waals surface area contributed by atoms with Gasteiger partial charge in [-0.1, -0.05) is 7.43 Å². The largest absolute Gasteiger partial charge is 0.392 e. The van der Waals surface area contributed by atoms with Crippen LogP contribution in [0.2, 0.25) is 0 Å². The van der Waals surface area contributed by atoms with E-state index in [0.717, 1.165) is 30.6 Å². The lowest BCUT2D eigenvalue weighted by Crippen LogP contribution is -2.47. The van der Waals surface area contributed by atoms with Crippen LogP contribution in [0.15, 0.2) is 17.2 Å². The van der Waals surface area contributed by atoms with E-state index >= 15 is 0 Å². The molecule has 3 heterocycles. The lowest BCUT2D eigenvalue weighted by Gasteiger charge is -2.30. The summed E-state index contributed by atoms with van der Waals surface area (Å²) in [4.78, 5) is 21.2. The van der Waals surface area contributed by atoms with Crippen molar-refractivity contribution < 1.29 is 10.2 Å². The number of aryl methyl sites for hydroxylation is 2. The molecule has 3 N–H and O–H groups in total. The zero-order valence-electron chi connectivity index (χ0n) is 14.1. The lowest BCUT2D eigenvalue weighted by molar-refractivity contribution is 0.0539. The van der Waals surface area contributed by atoms with Gasteiger partial charge in [-0.15, -0.1) is 0 Å². The molecule has 7 heteroatoms. The van der Waals surface area contributed by atoms with E-state index in [9.17, 15) is 15.0 Å². The molecule has 0 amide bonds. The molecule has 1 aliphatic heterocycles. The van der Waals surface area contributed by atoms with Gasteiger partial charge in [0.05, 0.1) is 30.6 Å². The highest BCUT2D eigenvalue weighted by Crippen LogP contribution is 2.15. The van der Waals surface area contributed by atoms with E-state index in [0.29, 0.717) is 17.5 Å². The van der Waals surface area contributed by atoms with Crippen LogP contribution >= 0.6 is 0 Å². The smallest absolute Gasteiger partial charge is 0.279 e. The van der Waals surface area contributed by atoms with Gasteiger partial charge in [0.25, 0.3) is 5.56 Å². The maximum Gasteiger partial charge on any atom is 0.279 e. The predicted molar refractivity (Wildman–Crippen MR) is 97.7 cm³/mol. The summed E-state index contributed by atoms with van der Waals surface area (Å²) in [7, 11) is 0. The standard InChI is InChI=1S/C17H24N4O3.CH4/c1-10-6-11(2)20-16-15(10)19-9-21(17(16)24)8-12(22)7-13-14(23)4-3-5-18-13;/h6,9,12-14,18,22-23H,3-5,7-8H2,1-2H3;1H4/t12-,13+,14-;/m0./s1. The zero-order valence-corrected chi connectivity index (χ0v) is 14.1. The maximum absolute atomic E-state index is 12.6. The van der Waals surface area contributed by atoms with Crippen LogP contribution in [0.1, 0.15) is 37.9 Å². The number of piperidine rings is 1. The second-order valence-corrected chi connectivity index (χ2v) is 6.64. The molecule has 3 rings (SSSR count). The number of hydrogen-bond acceptors (Lipinski definition) is 6. The van der Waals surface area contributed by atoms with Crippen molar-refractivity contribution >= 4 is 11.0 Å². The molecule has 0 bridgehead atoms. The summed E-state index contributed by atoms with van der Waals surface area (Å²) in [6.07, 6.45) is 2.34. The Labute approximate surface area is 147 Å². The fraction of sp³-hybridized carbons (Fsp3) is 0.611. The van der Waals surface area contributed by atoms with Gasteiger partial charge in [0, 0.05) is 11.7 Å². The lowest BCUT2D eigenvalue weighted by atomic mass is 9.96. The molecule has 138 valence electrons. The molecule has 1 saturated heterocycles. The molecule has 0 unspecified atom stereocenters. The van der Waals surface area contributed by atoms with E-state index in [1.807, 2.05) is 19.9 Å². The van der Waals surface area contributed by atoms with Crippen molar-refractivity contribution in [1.82, 2.24) is 19.9 Å². The van der Waals surface area contributed by atoms with Crippen LogP contribution in [0.4, 0.5) is 0 Å². The number of fused-ring (bicyclic) bond motifs is 1. The normalized spacial score (nSPS) is 21.8. The molecule has 0 saturated carbocycles. The average Bonchev–Trinajstić information content (AvgIpc) is 2.53. The van der Waals surface area contributed by atoms with E-state index < -0.39 is 12.2 Å². The SMILES string of the molecule is C.Cc1cc(C)c2ncn(C[C@@H](O)C[C@H]3NCCC[C@@H]3O)c(=O)c2n1. The van der Waals surface area contributed by atoms with Gasteiger partial charge < -0.3 is 15.5 Å². The summed E-state index contributed by atoms with van der Waals surface area (Å²) in [6.45, 7) is 4.72. The third kappa shape index (κ3) is 4.23. The number of nitrogens with one attached hydrogen (secondary N) is 1. The molecule has 0 aromatic carbocycles. The summed E-state index contributed by atoms with van der Waals surface area (Å²) in [6, 6.07) is 1.75. The summed E-state index contributed by atoms with van der Waals surface area (Å²) < 4.78 is 1.40. The van der Waals surface area contributed by atoms with Gasteiger partial charge in [-0.2, -0.15) is 0 Å². The van der Waals surface area contributed by atoms with Gasteiger partial charge in [-0.25, -0.2) is 9.97 Å². The summed E-state index contributed by atoms with van der Waals surface area (Å²) in [5.74, 6) is 0. The quantitative estimate of drug-likeness (QED) is 0.759. The van der Waals surface area contributed by atoms with E-state index in [-0.39, 0.29) is 25.6 Å². The molecule has 1 aliphatic rings. The van der Waals surface area contributed by atoms with Gasteiger partial charge >= 0.3 is 0 Å². The minimum atomic E-state index is -0.738. The Bertz CT molecular complexity index is 790. The summed E-state index contributed by atoms with van der Waals surface area (Å²) >= 11 is 0. The topological polar surface area (TPSA) is 100 Å². The van der Waals surface area contributed by atoms with Crippen molar-refractivity contribution in [2.24, 2.45) is 0 Å². The van der Waals surface area contributed by atoms with Gasteiger partial charge in [0.2, 0.25) is 0 Å². The van der Waals surface area contributed by atoms with Crippen LogP contribution in [0.25, 0.3) is 11.0 Å². The Hall–Kier alpha value is -1.83. The van der Waals surface area contributed by atoms with Gasteiger partial charge in [-0.3, -0.25) is 9.36 Å². The number of aromatic nitrogens is 3. The van der Waals surface area contributed by atoms with Crippen LogP contribution < -0.4 is 10.9 Å². The molecule has 2 aromatic heterocycles. The number of rotatable bonds is 4. The Kier molecular flexibility index (Phi) is 6.26.